The van der Waals surface area contributed by atoms with Crippen LogP contribution in [-0.2, 0) is 13.2 Å². The molecule has 0 aliphatic heterocycles. The Labute approximate surface area is 167 Å². The zero-order valence-electron chi connectivity index (χ0n) is 15.9. The highest BCUT2D eigenvalue weighted by molar-refractivity contribution is 5.94. The fourth-order valence-corrected chi connectivity index (χ4v) is 3.04. The first-order valence-corrected chi connectivity index (χ1v) is 9.27. The summed E-state index contributed by atoms with van der Waals surface area (Å²) in [4.78, 5) is 17.0. The number of carbonyl (C=O) groups is 1. The lowest BCUT2D eigenvalue weighted by Crippen LogP contribution is -2.22. The Kier molecular flexibility index (Phi) is 5.24. The van der Waals surface area contributed by atoms with Crippen molar-refractivity contribution in [1.29, 1.82) is 0 Å². The van der Waals surface area contributed by atoms with Crippen LogP contribution in [0.1, 0.15) is 27.2 Å². The molecule has 0 saturated heterocycles. The van der Waals surface area contributed by atoms with E-state index < -0.39 is 0 Å². The van der Waals surface area contributed by atoms with Crippen molar-refractivity contribution in [1.82, 2.24) is 14.7 Å². The lowest BCUT2D eigenvalue weighted by Gasteiger charge is -2.08. The van der Waals surface area contributed by atoms with Crippen molar-refractivity contribution >= 4 is 11.6 Å². The van der Waals surface area contributed by atoms with E-state index in [-0.39, 0.29) is 11.7 Å². The standard InChI is InChI=1S/C23H20FN3O2/c1-16-4-3-11-27-14-20(26-22(16)27)15-29-21-6-2-5-18(12-21)23(28)25-13-17-7-9-19(24)10-8-17/h2-12,14H,13,15H2,1H3,(H,25,28). The van der Waals surface area contributed by atoms with Crippen LogP contribution in [0.4, 0.5) is 4.39 Å². The van der Waals surface area contributed by atoms with E-state index in [1.54, 1.807) is 36.4 Å². The van der Waals surface area contributed by atoms with Crippen molar-refractivity contribution in [3.63, 3.8) is 0 Å². The van der Waals surface area contributed by atoms with Gasteiger partial charge < -0.3 is 14.5 Å². The molecule has 0 fully saturated rings. The maximum atomic E-state index is 13.0. The highest BCUT2D eigenvalue weighted by Gasteiger charge is 2.08. The number of halogens is 1. The molecular formula is C23H20FN3O2. The van der Waals surface area contributed by atoms with E-state index in [2.05, 4.69) is 10.3 Å². The van der Waals surface area contributed by atoms with Gasteiger partial charge in [0, 0.05) is 24.5 Å². The molecule has 0 bridgehead atoms. The average molecular weight is 389 g/mol. The first-order chi connectivity index (χ1) is 14.1. The van der Waals surface area contributed by atoms with Gasteiger partial charge in [0.25, 0.3) is 5.91 Å². The topological polar surface area (TPSA) is 55.6 Å². The number of aryl methyl sites for hydroxylation is 1. The number of carbonyl (C=O) groups excluding carboxylic acids is 1. The number of imidazole rings is 1. The zero-order valence-corrected chi connectivity index (χ0v) is 15.9. The summed E-state index contributed by atoms with van der Waals surface area (Å²) in [6.45, 7) is 2.65. The molecule has 1 amide bonds. The monoisotopic (exact) mass is 389 g/mol. The maximum absolute atomic E-state index is 13.0. The second kappa shape index (κ2) is 8.14. The zero-order chi connectivity index (χ0) is 20.2. The highest BCUT2D eigenvalue weighted by atomic mass is 19.1. The molecular weight excluding hydrogens is 369 g/mol. The molecule has 0 aliphatic carbocycles. The molecule has 4 aromatic rings. The highest BCUT2D eigenvalue weighted by Crippen LogP contribution is 2.16. The van der Waals surface area contributed by atoms with E-state index in [0.717, 1.165) is 22.5 Å². The number of fused-ring (bicyclic) bond motifs is 1. The van der Waals surface area contributed by atoms with Crippen LogP contribution in [0.5, 0.6) is 5.75 Å². The molecule has 146 valence electrons. The molecule has 0 radical (unpaired) electrons. The minimum absolute atomic E-state index is 0.219. The molecule has 1 N–H and O–H groups in total. The number of ether oxygens (including phenoxy) is 1. The van der Waals surface area contributed by atoms with Crippen LogP contribution < -0.4 is 10.1 Å². The SMILES string of the molecule is Cc1cccn2cc(COc3cccc(C(=O)NCc4ccc(F)cc4)c3)nc12. The van der Waals surface area contributed by atoms with Crippen molar-refractivity contribution in [2.75, 3.05) is 0 Å². The quantitative estimate of drug-likeness (QED) is 0.535. The van der Waals surface area contributed by atoms with Crippen LogP contribution in [-0.4, -0.2) is 15.3 Å². The number of hydrogen-bond donors (Lipinski definition) is 1. The molecule has 2 aromatic heterocycles. The Morgan fingerprint density at radius 1 is 1.14 bits per heavy atom. The van der Waals surface area contributed by atoms with Gasteiger partial charge in [-0.2, -0.15) is 0 Å². The number of pyridine rings is 1. The molecule has 0 atom stereocenters. The number of aromatic nitrogens is 2. The summed E-state index contributed by atoms with van der Waals surface area (Å²) in [5, 5.41) is 2.83. The molecule has 0 saturated carbocycles. The smallest absolute Gasteiger partial charge is 0.251 e. The van der Waals surface area contributed by atoms with Gasteiger partial charge in [-0.25, -0.2) is 9.37 Å². The molecule has 0 aliphatic rings. The summed E-state index contributed by atoms with van der Waals surface area (Å²) < 4.78 is 20.8. The molecule has 0 spiro atoms. The summed E-state index contributed by atoms with van der Waals surface area (Å²) in [5.41, 5.74) is 4.13. The average Bonchev–Trinajstić information content (AvgIpc) is 3.16. The summed E-state index contributed by atoms with van der Waals surface area (Å²) in [6.07, 6.45) is 3.88. The molecule has 2 heterocycles. The fourth-order valence-electron chi connectivity index (χ4n) is 3.04. The van der Waals surface area contributed by atoms with Crippen LogP contribution in [0.2, 0.25) is 0 Å². The third-order valence-corrected chi connectivity index (χ3v) is 4.58. The van der Waals surface area contributed by atoms with Crippen LogP contribution in [0.15, 0.2) is 73.1 Å². The van der Waals surface area contributed by atoms with Crippen molar-refractivity contribution in [2.24, 2.45) is 0 Å². The van der Waals surface area contributed by atoms with Crippen LogP contribution in [0.3, 0.4) is 0 Å². The van der Waals surface area contributed by atoms with Gasteiger partial charge in [-0.1, -0.05) is 24.3 Å². The van der Waals surface area contributed by atoms with Gasteiger partial charge in [0.05, 0.1) is 5.69 Å². The number of benzene rings is 2. The van der Waals surface area contributed by atoms with Crippen LogP contribution in [0, 0.1) is 12.7 Å². The van der Waals surface area contributed by atoms with Gasteiger partial charge in [-0.3, -0.25) is 4.79 Å². The number of amides is 1. The van der Waals surface area contributed by atoms with E-state index in [1.165, 1.54) is 12.1 Å². The second-order valence-electron chi connectivity index (χ2n) is 6.78. The Morgan fingerprint density at radius 3 is 2.76 bits per heavy atom. The minimum Gasteiger partial charge on any atom is -0.487 e. The van der Waals surface area contributed by atoms with Crippen molar-refractivity contribution in [3.05, 3.63) is 101 Å². The molecule has 29 heavy (non-hydrogen) atoms. The van der Waals surface area contributed by atoms with Crippen LogP contribution in [0.25, 0.3) is 5.65 Å². The fraction of sp³-hybridized carbons (Fsp3) is 0.130. The second-order valence-corrected chi connectivity index (χ2v) is 6.78. The molecule has 2 aromatic carbocycles. The normalized spacial score (nSPS) is 10.8. The Hall–Kier alpha value is -3.67. The Bertz CT molecular complexity index is 1150. The predicted molar refractivity (Wildman–Crippen MR) is 108 cm³/mol. The van der Waals surface area contributed by atoms with Gasteiger partial charge in [-0.05, 0) is 54.4 Å². The van der Waals surface area contributed by atoms with Crippen molar-refractivity contribution in [2.45, 2.75) is 20.1 Å². The molecule has 4 rings (SSSR count). The first kappa shape index (κ1) is 18.7. The summed E-state index contributed by atoms with van der Waals surface area (Å²) in [7, 11) is 0. The van der Waals surface area contributed by atoms with Crippen molar-refractivity contribution in [3.8, 4) is 5.75 Å². The first-order valence-electron chi connectivity index (χ1n) is 9.27. The summed E-state index contributed by atoms with van der Waals surface area (Å²) >= 11 is 0. The lowest BCUT2D eigenvalue weighted by atomic mass is 10.2. The largest absolute Gasteiger partial charge is 0.487 e. The third-order valence-electron chi connectivity index (χ3n) is 4.58. The maximum Gasteiger partial charge on any atom is 0.251 e. The summed E-state index contributed by atoms with van der Waals surface area (Å²) in [5.74, 6) is 0.0713. The third kappa shape index (κ3) is 4.43. The van der Waals surface area contributed by atoms with E-state index in [4.69, 9.17) is 4.74 Å². The summed E-state index contributed by atoms with van der Waals surface area (Å²) in [6, 6.07) is 17.0. The van der Waals surface area contributed by atoms with Gasteiger partial charge in [0.15, 0.2) is 0 Å². The van der Waals surface area contributed by atoms with Crippen molar-refractivity contribution < 1.29 is 13.9 Å². The molecule has 6 heteroatoms. The Balaban J connectivity index is 1.39. The number of hydrogen-bond acceptors (Lipinski definition) is 3. The number of nitrogens with zero attached hydrogens (tertiary/aromatic N) is 2. The van der Waals surface area contributed by atoms with E-state index >= 15 is 0 Å². The van der Waals surface area contributed by atoms with Gasteiger partial charge >= 0.3 is 0 Å². The van der Waals surface area contributed by atoms with E-state index in [0.29, 0.717) is 24.5 Å². The van der Waals surface area contributed by atoms with Gasteiger partial charge in [0.1, 0.15) is 23.8 Å². The van der Waals surface area contributed by atoms with Gasteiger partial charge in [0.2, 0.25) is 0 Å². The van der Waals surface area contributed by atoms with E-state index in [9.17, 15) is 9.18 Å². The van der Waals surface area contributed by atoms with Crippen LogP contribution >= 0.6 is 0 Å². The molecule has 5 nitrogen and oxygen atoms in total. The predicted octanol–water partition coefficient (Wildman–Crippen LogP) is 4.29. The Morgan fingerprint density at radius 2 is 1.97 bits per heavy atom. The van der Waals surface area contributed by atoms with E-state index in [1.807, 2.05) is 35.9 Å². The molecule has 0 unspecified atom stereocenters. The number of nitrogens with one attached hydrogen (secondary N) is 1. The number of rotatable bonds is 6. The lowest BCUT2D eigenvalue weighted by molar-refractivity contribution is 0.0950. The minimum atomic E-state index is -0.300. The van der Waals surface area contributed by atoms with Gasteiger partial charge in [-0.15, -0.1) is 0 Å².